The molecule has 1 N–H and O–H groups in total. The number of hydrogen-bond acceptors (Lipinski definition) is 6. The molecule has 1 heterocycles. The summed E-state index contributed by atoms with van der Waals surface area (Å²) in [4.78, 5) is 16.3. The Morgan fingerprint density at radius 3 is 2.68 bits per heavy atom. The van der Waals surface area contributed by atoms with E-state index in [1.165, 1.54) is 31.1 Å². The second kappa shape index (κ2) is 9.18. The molecule has 1 atom stereocenters. The van der Waals surface area contributed by atoms with Gasteiger partial charge in [-0.05, 0) is 17.7 Å². The molecular weight excluding hydrogens is 396 g/mol. The number of esters is 1. The van der Waals surface area contributed by atoms with Crippen molar-refractivity contribution in [2.24, 2.45) is 0 Å². The maximum absolute atomic E-state index is 13.0. The molecule has 8 heteroatoms. The molecule has 3 rings (SSSR count). The van der Waals surface area contributed by atoms with Crippen LogP contribution in [0.25, 0.3) is 10.8 Å². The van der Waals surface area contributed by atoms with Crippen LogP contribution in [0.4, 0.5) is 0 Å². The van der Waals surface area contributed by atoms with E-state index in [1.807, 2.05) is 30.3 Å². The van der Waals surface area contributed by atoms with E-state index in [2.05, 4.69) is 9.71 Å². The molecule has 0 aliphatic carbocycles. The molecule has 0 saturated carbocycles. The lowest BCUT2D eigenvalue weighted by molar-refractivity contribution is -0.141. The molecule has 0 unspecified atom stereocenters. The average molecular weight is 417 g/mol. The van der Waals surface area contributed by atoms with E-state index in [0.717, 1.165) is 5.56 Å². The zero-order chi connectivity index (χ0) is 20.0. The van der Waals surface area contributed by atoms with Gasteiger partial charge in [-0.2, -0.15) is 16.5 Å². The summed E-state index contributed by atoms with van der Waals surface area (Å²) in [6.07, 6.45) is 3.14. The molecule has 28 heavy (non-hydrogen) atoms. The van der Waals surface area contributed by atoms with Gasteiger partial charge in [-0.1, -0.05) is 42.5 Å². The molecule has 0 aliphatic rings. The quantitative estimate of drug-likeness (QED) is 0.568. The van der Waals surface area contributed by atoms with Gasteiger partial charge in [0.2, 0.25) is 10.0 Å². The van der Waals surface area contributed by atoms with Crippen molar-refractivity contribution < 1.29 is 17.9 Å². The highest BCUT2D eigenvalue weighted by Gasteiger charge is 2.27. The van der Waals surface area contributed by atoms with Crippen molar-refractivity contribution in [1.29, 1.82) is 0 Å². The standard InChI is InChI=1S/C20H20N2O4S2/c1-26-20(23)18(14-27-13-15-6-3-2-4-7-15)22-28(24,25)19-9-5-8-16-12-21-11-10-17(16)19/h2-12,18,22H,13-14H2,1H3/t18-/m0/s1. The van der Waals surface area contributed by atoms with Gasteiger partial charge in [-0.3, -0.25) is 9.78 Å². The first kappa shape index (κ1) is 20.3. The van der Waals surface area contributed by atoms with Crippen LogP contribution in [0.5, 0.6) is 0 Å². The third-order valence-electron chi connectivity index (χ3n) is 4.11. The first-order chi connectivity index (χ1) is 13.5. The number of thioether (sulfide) groups is 1. The summed E-state index contributed by atoms with van der Waals surface area (Å²) >= 11 is 1.46. The zero-order valence-electron chi connectivity index (χ0n) is 15.2. The Hall–Kier alpha value is -2.42. The molecule has 0 radical (unpaired) electrons. The molecule has 0 spiro atoms. The molecule has 0 fully saturated rings. The largest absolute Gasteiger partial charge is 0.468 e. The zero-order valence-corrected chi connectivity index (χ0v) is 16.9. The number of nitrogens with zero attached hydrogens (tertiary/aromatic N) is 1. The number of sulfonamides is 1. The monoisotopic (exact) mass is 416 g/mol. The molecule has 3 aromatic rings. The second-order valence-corrected chi connectivity index (χ2v) is 8.76. The number of rotatable bonds is 8. The maximum Gasteiger partial charge on any atom is 0.324 e. The van der Waals surface area contributed by atoms with Crippen molar-refractivity contribution >= 4 is 38.5 Å². The van der Waals surface area contributed by atoms with Crippen LogP contribution in [0.15, 0.2) is 71.9 Å². The summed E-state index contributed by atoms with van der Waals surface area (Å²) < 4.78 is 33.2. The fraction of sp³-hybridized carbons (Fsp3) is 0.200. The molecule has 6 nitrogen and oxygen atoms in total. The Bertz CT molecular complexity index is 1050. The number of carbonyl (C=O) groups excluding carboxylic acids is 1. The number of nitrogens with one attached hydrogen (secondary N) is 1. The first-order valence-electron chi connectivity index (χ1n) is 8.56. The van der Waals surface area contributed by atoms with Crippen LogP contribution in [0.3, 0.4) is 0 Å². The predicted octanol–water partition coefficient (Wildman–Crippen LogP) is 2.99. The van der Waals surface area contributed by atoms with Gasteiger partial charge in [0, 0.05) is 34.7 Å². The first-order valence-corrected chi connectivity index (χ1v) is 11.2. The van der Waals surface area contributed by atoms with Crippen molar-refractivity contribution in [2.75, 3.05) is 12.9 Å². The highest BCUT2D eigenvalue weighted by Crippen LogP contribution is 2.23. The van der Waals surface area contributed by atoms with Crippen LogP contribution in [0.1, 0.15) is 5.56 Å². The van der Waals surface area contributed by atoms with Gasteiger partial charge in [0.15, 0.2) is 0 Å². The van der Waals surface area contributed by atoms with Crippen molar-refractivity contribution in [3.05, 3.63) is 72.6 Å². The topological polar surface area (TPSA) is 85.4 Å². The molecule has 0 saturated heterocycles. The Balaban J connectivity index is 1.78. The minimum absolute atomic E-state index is 0.106. The Morgan fingerprint density at radius 1 is 1.14 bits per heavy atom. The molecule has 2 aromatic carbocycles. The highest BCUT2D eigenvalue weighted by molar-refractivity contribution is 7.98. The second-order valence-electron chi connectivity index (χ2n) is 6.05. The summed E-state index contributed by atoms with van der Waals surface area (Å²) in [5.74, 6) is 0.300. The van der Waals surface area contributed by atoms with Crippen LogP contribution in [-0.2, 0) is 25.3 Å². The summed E-state index contributed by atoms with van der Waals surface area (Å²) in [5, 5.41) is 1.25. The van der Waals surface area contributed by atoms with Crippen LogP contribution in [0, 0.1) is 0 Å². The lowest BCUT2D eigenvalue weighted by atomic mass is 10.2. The number of methoxy groups -OCH3 is 1. The third-order valence-corrected chi connectivity index (χ3v) is 6.75. The summed E-state index contributed by atoms with van der Waals surface area (Å²) in [7, 11) is -2.68. The van der Waals surface area contributed by atoms with Gasteiger partial charge >= 0.3 is 5.97 Å². The fourth-order valence-corrected chi connectivity index (χ4v) is 5.26. The Kier molecular flexibility index (Phi) is 6.66. The van der Waals surface area contributed by atoms with Crippen molar-refractivity contribution in [2.45, 2.75) is 16.7 Å². The number of aromatic nitrogens is 1. The lowest BCUT2D eigenvalue weighted by Crippen LogP contribution is -2.43. The average Bonchev–Trinajstić information content (AvgIpc) is 2.72. The Labute approximate surface area is 168 Å². The van der Waals surface area contributed by atoms with E-state index in [-0.39, 0.29) is 10.6 Å². The molecule has 1 aromatic heterocycles. The van der Waals surface area contributed by atoms with Gasteiger partial charge < -0.3 is 4.74 Å². The minimum Gasteiger partial charge on any atom is -0.468 e. The van der Waals surface area contributed by atoms with E-state index >= 15 is 0 Å². The summed E-state index contributed by atoms with van der Waals surface area (Å²) in [6, 6.07) is 15.4. The molecular formula is C20H20N2O4S2. The fourth-order valence-electron chi connectivity index (χ4n) is 2.74. The van der Waals surface area contributed by atoms with Gasteiger partial charge in [0.1, 0.15) is 6.04 Å². The predicted molar refractivity (Wildman–Crippen MR) is 110 cm³/mol. The van der Waals surface area contributed by atoms with E-state index in [4.69, 9.17) is 4.74 Å². The van der Waals surface area contributed by atoms with Crippen molar-refractivity contribution in [3.8, 4) is 0 Å². The number of benzene rings is 2. The number of pyridine rings is 1. The summed E-state index contributed by atoms with van der Waals surface area (Å²) in [5.41, 5.74) is 1.10. The third kappa shape index (κ3) is 4.89. The minimum atomic E-state index is -3.93. The smallest absolute Gasteiger partial charge is 0.324 e. The van der Waals surface area contributed by atoms with Gasteiger partial charge in [0.05, 0.1) is 12.0 Å². The Morgan fingerprint density at radius 2 is 1.93 bits per heavy atom. The molecule has 0 bridgehead atoms. The van der Waals surface area contributed by atoms with Crippen molar-refractivity contribution in [3.63, 3.8) is 0 Å². The number of ether oxygens (including phenoxy) is 1. The lowest BCUT2D eigenvalue weighted by Gasteiger charge is -2.17. The van der Waals surface area contributed by atoms with Crippen LogP contribution in [0.2, 0.25) is 0 Å². The van der Waals surface area contributed by atoms with E-state index in [1.54, 1.807) is 24.4 Å². The molecule has 0 amide bonds. The number of carbonyl (C=O) groups is 1. The van der Waals surface area contributed by atoms with Crippen LogP contribution >= 0.6 is 11.8 Å². The van der Waals surface area contributed by atoms with Gasteiger partial charge in [-0.15, -0.1) is 0 Å². The normalized spacial score (nSPS) is 12.6. The number of fused-ring (bicyclic) bond motifs is 1. The van der Waals surface area contributed by atoms with E-state index in [9.17, 15) is 13.2 Å². The van der Waals surface area contributed by atoms with Crippen LogP contribution in [-0.4, -0.2) is 38.3 Å². The highest BCUT2D eigenvalue weighted by atomic mass is 32.2. The molecule has 146 valence electrons. The summed E-state index contributed by atoms with van der Waals surface area (Å²) in [6.45, 7) is 0. The van der Waals surface area contributed by atoms with E-state index in [0.29, 0.717) is 16.5 Å². The van der Waals surface area contributed by atoms with Gasteiger partial charge in [0.25, 0.3) is 0 Å². The molecule has 0 aliphatic heterocycles. The number of hydrogen-bond donors (Lipinski definition) is 1. The van der Waals surface area contributed by atoms with Crippen molar-refractivity contribution in [1.82, 2.24) is 9.71 Å². The maximum atomic E-state index is 13.0. The van der Waals surface area contributed by atoms with Crippen LogP contribution < -0.4 is 4.72 Å². The van der Waals surface area contributed by atoms with Gasteiger partial charge in [-0.25, -0.2) is 8.42 Å². The van der Waals surface area contributed by atoms with E-state index < -0.39 is 22.0 Å². The SMILES string of the molecule is COC(=O)[C@H](CSCc1ccccc1)NS(=O)(=O)c1cccc2cnccc12.